The maximum atomic E-state index is 13.4. The lowest BCUT2D eigenvalue weighted by atomic mass is 10.0. The summed E-state index contributed by atoms with van der Waals surface area (Å²) in [5, 5.41) is 5.21. The van der Waals surface area contributed by atoms with Gasteiger partial charge in [-0.25, -0.2) is 9.37 Å². The van der Waals surface area contributed by atoms with Crippen LogP contribution in [0.5, 0.6) is 0 Å². The van der Waals surface area contributed by atoms with Crippen molar-refractivity contribution in [1.82, 2.24) is 9.88 Å². The second-order valence-corrected chi connectivity index (χ2v) is 9.26. The molecular weight excluding hydrogens is 504 g/mol. The Labute approximate surface area is 208 Å². The van der Waals surface area contributed by atoms with Gasteiger partial charge in [-0.1, -0.05) is 35.3 Å². The smallest absolute Gasteiger partial charge is 0.311 e. The zero-order valence-electron chi connectivity index (χ0n) is 17.8. The Balaban J connectivity index is 1.59. The van der Waals surface area contributed by atoms with Crippen molar-refractivity contribution in [3.63, 3.8) is 0 Å². The predicted molar refractivity (Wildman–Crippen MR) is 127 cm³/mol. The van der Waals surface area contributed by atoms with Gasteiger partial charge in [0.1, 0.15) is 11.9 Å². The highest BCUT2D eigenvalue weighted by atomic mass is 35.5. The van der Waals surface area contributed by atoms with Crippen molar-refractivity contribution in [2.75, 3.05) is 12.4 Å². The molecule has 0 bridgehead atoms. The number of methoxy groups -OCH3 is 1. The fourth-order valence-electron chi connectivity index (χ4n) is 3.62. The van der Waals surface area contributed by atoms with Crippen molar-refractivity contribution in [3.8, 4) is 0 Å². The molecule has 3 aromatic rings. The van der Waals surface area contributed by atoms with E-state index in [-0.39, 0.29) is 35.4 Å². The molecule has 2 aromatic carbocycles. The number of nitrogens with one attached hydrogen (secondary N) is 1. The number of rotatable bonds is 7. The lowest BCUT2D eigenvalue weighted by Crippen LogP contribution is -2.45. The Morgan fingerprint density at radius 1 is 1.24 bits per heavy atom. The third-order valence-corrected chi connectivity index (χ3v) is 6.86. The molecule has 34 heavy (non-hydrogen) atoms. The van der Waals surface area contributed by atoms with Crippen LogP contribution in [0.15, 0.2) is 41.8 Å². The fourth-order valence-corrected chi connectivity index (χ4v) is 4.69. The number of thiazole rings is 1. The van der Waals surface area contributed by atoms with Gasteiger partial charge in [0.25, 0.3) is 5.91 Å². The molecule has 7 nitrogen and oxygen atoms in total. The molecular formula is C23H18Cl2FN3O4S. The molecule has 2 amide bonds. The molecule has 0 aliphatic carbocycles. The average Bonchev–Trinajstić information content (AvgIpc) is 3.37. The number of hydrogen-bond acceptors (Lipinski definition) is 6. The largest absolute Gasteiger partial charge is 0.469 e. The van der Waals surface area contributed by atoms with Crippen LogP contribution in [0.2, 0.25) is 10.0 Å². The van der Waals surface area contributed by atoms with Crippen LogP contribution < -0.4 is 5.32 Å². The van der Waals surface area contributed by atoms with Gasteiger partial charge in [0.15, 0.2) is 5.13 Å². The highest BCUT2D eigenvalue weighted by Crippen LogP contribution is 2.33. The number of amides is 2. The first-order chi connectivity index (χ1) is 16.2. The molecule has 0 fully saturated rings. The monoisotopic (exact) mass is 521 g/mol. The molecule has 1 aliphatic heterocycles. The van der Waals surface area contributed by atoms with Crippen LogP contribution in [-0.4, -0.2) is 40.8 Å². The van der Waals surface area contributed by atoms with E-state index in [1.54, 1.807) is 23.6 Å². The van der Waals surface area contributed by atoms with E-state index in [9.17, 15) is 18.8 Å². The number of hydrogen-bond donors (Lipinski definition) is 1. The first-order valence-electron chi connectivity index (χ1n) is 10.1. The van der Waals surface area contributed by atoms with E-state index in [1.165, 1.54) is 30.2 Å². The van der Waals surface area contributed by atoms with Crippen LogP contribution in [0.3, 0.4) is 0 Å². The molecule has 176 valence electrons. The Kier molecular flexibility index (Phi) is 7.16. The second-order valence-electron chi connectivity index (χ2n) is 7.59. The number of halogens is 3. The number of benzene rings is 2. The SMILES string of the molecule is COC(=O)Cc1csc(NC(=O)[C@H](Cc2ccc(F)cc2)N2Cc3cc(Cl)c(Cl)cc3C2=O)n1. The number of fused-ring (bicyclic) bond motifs is 1. The van der Waals surface area contributed by atoms with Gasteiger partial charge in [0.05, 0.1) is 29.3 Å². The lowest BCUT2D eigenvalue weighted by Gasteiger charge is -2.26. The summed E-state index contributed by atoms with van der Waals surface area (Å²) in [7, 11) is 1.28. The number of nitrogens with zero attached hydrogens (tertiary/aromatic N) is 2. The molecule has 0 spiro atoms. The topological polar surface area (TPSA) is 88.6 Å². The number of ether oxygens (including phenoxy) is 1. The lowest BCUT2D eigenvalue weighted by molar-refractivity contribution is -0.139. The van der Waals surface area contributed by atoms with Gasteiger partial charge >= 0.3 is 5.97 Å². The molecule has 1 aromatic heterocycles. The van der Waals surface area contributed by atoms with Crippen molar-refractivity contribution in [2.24, 2.45) is 0 Å². The predicted octanol–water partition coefficient (Wildman–Crippen LogP) is 4.51. The van der Waals surface area contributed by atoms with Crippen molar-refractivity contribution >= 4 is 57.5 Å². The van der Waals surface area contributed by atoms with Crippen molar-refractivity contribution in [2.45, 2.75) is 25.4 Å². The molecule has 4 rings (SSSR count). The standard InChI is InChI=1S/C23H18Cl2FN3O4S/c1-33-20(30)8-15-11-34-23(27-15)28-21(31)19(6-12-2-4-14(26)5-3-12)29-10-13-7-17(24)18(25)9-16(13)22(29)32/h2-5,7,9,11,19H,6,8,10H2,1H3,(H,27,28,31)/t19-/m0/s1. The molecule has 0 saturated carbocycles. The summed E-state index contributed by atoms with van der Waals surface area (Å²) in [6.07, 6.45) is 0.122. The van der Waals surface area contributed by atoms with Crippen LogP contribution in [0.4, 0.5) is 9.52 Å². The number of aromatic nitrogens is 1. The van der Waals surface area contributed by atoms with Gasteiger partial charge in [0, 0.05) is 23.9 Å². The van der Waals surface area contributed by atoms with Gasteiger partial charge < -0.3 is 15.0 Å². The summed E-state index contributed by atoms with van der Waals surface area (Å²) in [5.74, 6) is -1.68. The quantitative estimate of drug-likeness (QED) is 0.462. The van der Waals surface area contributed by atoms with Crippen LogP contribution in [0, 0.1) is 5.82 Å². The molecule has 0 unspecified atom stereocenters. The van der Waals surface area contributed by atoms with E-state index >= 15 is 0 Å². The van der Waals surface area contributed by atoms with Gasteiger partial charge in [0.2, 0.25) is 5.91 Å². The number of esters is 1. The van der Waals surface area contributed by atoms with Gasteiger partial charge in [-0.3, -0.25) is 14.4 Å². The summed E-state index contributed by atoms with van der Waals surface area (Å²) < 4.78 is 18.0. The highest BCUT2D eigenvalue weighted by Gasteiger charge is 2.37. The van der Waals surface area contributed by atoms with E-state index < -0.39 is 23.7 Å². The Morgan fingerprint density at radius 3 is 2.65 bits per heavy atom. The number of carbonyl (C=O) groups excluding carboxylic acids is 3. The second kappa shape index (κ2) is 10.1. The molecule has 1 atom stereocenters. The van der Waals surface area contributed by atoms with E-state index in [0.29, 0.717) is 27.4 Å². The maximum Gasteiger partial charge on any atom is 0.311 e. The number of anilines is 1. The molecule has 0 radical (unpaired) electrons. The molecule has 0 saturated heterocycles. The minimum absolute atomic E-state index is 0.0245. The maximum absolute atomic E-state index is 13.4. The molecule has 1 N–H and O–H groups in total. The average molecular weight is 522 g/mol. The van der Waals surface area contributed by atoms with Crippen molar-refractivity contribution in [3.05, 3.63) is 80.0 Å². The molecule has 2 heterocycles. The minimum atomic E-state index is -0.920. The Hall–Kier alpha value is -3.01. The van der Waals surface area contributed by atoms with Gasteiger partial charge in [-0.2, -0.15) is 0 Å². The zero-order valence-corrected chi connectivity index (χ0v) is 20.1. The summed E-state index contributed by atoms with van der Waals surface area (Å²) in [4.78, 5) is 43.7. The fraction of sp³-hybridized carbons (Fsp3) is 0.217. The van der Waals surface area contributed by atoms with Crippen molar-refractivity contribution in [1.29, 1.82) is 0 Å². The zero-order chi connectivity index (χ0) is 24.4. The summed E-state index contributed by atoms with van der Waals surface area (Å²) in [6.45, 7) is 0.162. The Morgan fingerprint density at radius 2 is 1.94 bits per heavy atom. The Bertz CT molecular complexity index is 1270. The first kappa shape index (κ1) is 24.1. The van der Waals surface area contributed by atoms with E-state index in [1.807, 2.05) is 0 Å². The van der Waals surface area contributed by atoms with Crippen LogP contribution in [0.25, 0.3) is 0 Å². The first-order valence-corrected chi connectivity index (χ1v) is 11.7. The van der Waals surface area contributed by atoms with Gasteiger partial charge in [-0.05, 0) is 35.4 Å². The highest BCUT2D eigenvalue weighted by molar-refractivity contribution is 7.13. The van der Waals surface area contributed by atoms with E-state index in [2.05, 4.69) is 15.0 Å². The van der Waals surface area contributed by atoms with E-state index in [4.69, 9.17) is 23.2 Å². The van der Waals surface area contributed by atoms with Crippen molar-refractivity contribution < 1.29 is 23.5 Å². The number of carbonyl (C=O) groups is 3. The molecule has 1 aliphatic rings. The minimum Gasteiger partial charge on any atom is -0.469 e. The van der Waals surface area contributed by atoms with Crippen LogP contribution in [0.1, 0.15) is 27.2 Å². The normalized spacial score (nSPS) is 13.5. The van der Waals surface area contributed by atoms with Crippen LogP contribution >= 0.6 is 34.5 Å². The summed E-state index contributed by atoms with van der Waals surface area (Å²) in [6, 6.07) is 7.91. The van der Waals surface area contributed by atoms with Crippen LogP contribution in [-0.2, 0) is 33.7 Å². The van der Waals surface area contributed by atoms with E-state index in [0.717, 1.165) is 11.3 Å². The third kappa shape index (κ3) is 5.22. The summed E-state index contributed by atoms with van der Waals surface area (Å²) >= 11 is 13.4. The third-order valence-electron chi connectivity index (χ3n) is 5.33. The summed E-state index contributed by atoms with van der Waals surface area (Å²) in [5.41, 5.74) is 2.16. The molecule has 11 heteroatoms. The van der Waals surface area contributed by atoms with Gasteiger partial charge in [-0.15, -0.1) is 11.3 Å².